The van der Waals surface area contributed by atoms with E-state index in [4.69, 9.17) is 4.74 Å². The molecule has 0 aromatic heterocycles. The average molecular weight is 247 g/mol. The summed E-state index contributed by atoms with van der Waals surface area (Å²) in [4.78, 5) is 2.42. The Morgan fingerprint density at radius 1 is 1.00 bits per heavy atom. The zero-order valence-corrected chi connectivity index (χ0v) is 12.2. The zero-order chi connectivity index (χ0) is 13.3. The third kappa shape index (κ3) is 3.05. The van der Waals surface area contributed by atoms with Crippen LogP contribution < -0.4 is 4.90 Å². The molecule has 0 aliphatic carbocycles. The van der Waals surface area contributed by atoms with Gasteiger partial charge in [0.15, 0.2) is 0 Å². The molecule has 0 N–H and O–H groups in total. The highest BCUT2D eigenvalue weighted by Crippen LogP contribution is 2.26. The van der Waals surface area contributed by atoms with Gasteiger partial charge in [-0.15, -0.1) is 0 Å². The second-order valence-corrected chi connectivity index (χ2v) is 6.46. The third-order valence-corrected chi connectivity index (χ3v) is 3.52. The lowest BCUT2D eigenvalue weighted by molar-refractivity contribution is -0.00521. The number of morpholine rings is 1. The summed E-state index contributed by atoms with van der Waals surface area (Å²) < 4.78 is 5.77. The lowest BCUT2D eigenvalue weighted by Crippen LogP contribution is -2.45. The van der Waals surface area contributed by atoms with Crippen molar-refractivity contribution in [3.63, 3.8) is 0 Å². The first-order valence-electron chi connectivity index (χ1n) is 6.87. The summed E-state index contributed by atoms with van der Waals surface area (Å²) in [5, 5.41) is 0. The molecule has 2 rings (SSSR count). The van der Waals surface area contributed by atoms with Crippen molar-refractivity contribution in [1.29, 1.82) is 0 Å². The molecule has 0 amide bonds. The van der Waals surface area contributed by atoms with Gasteiger partial charge < -0.3 is 9.64 Å². The molecule has 1 fully saturated rings. The van der Waals surface area contributed by atoms with Gasteiger partial charge in [-0.3, -0.25) is 0 Å². The summed E-state index contributed by atoms with van der Waals surface area (Å²) in [5.41, 5.74) is 2.93. The van der Waals surface area contributed by atoms with Crippen molar-refractivity contribution in [3.8, 4) is 0 Å². The van der Waals surface area contributed by atoms with Gasteiger partial charge in [-0.1, -0.05) is 32.9 Å². The minimum Gasteiger partial charge on any atom is -0.372 e. The Morgan fingerprint density at radius 2 is 1.50 bits per heavy atom. The number of nitrogens with zero attached hydrogens (tertiary/aromatic N) is 1. The van der Waals surface area contributed by atoms with Gasteiger partial charge >= 0.3 is 0 Å². The smallest absolute Gasteiger partial charge is 0.0726 e. The van der Waals surface area contributed by atoms with Gasteiger partial charge in [0.1, 0.15) is 0 Å². The summed E-state index contributed by atoms with van der Waals surface area (Å²) in [6, 6.07) is 8.98. The van der Waals surface area contributed by atoms with E-state index < -0.39 is 0 Å². The molecule has 0 radical (unpaired) electrons. The molecular weight excluding hydrogens is 222 g/mol. The predicted molar refractivity (Wildman–Crippen MR) is 77.4 cm³/mol. The van der Waals surface area contributed by atoms with Gasteiger partial charge in [0.05, 0.1) is 12.2 Å². The van der Waals surface area contributed by atoms with E-state index in [2.05, 4.69) is 63.8 Å². The molecule has 2 unspecified atom stereocenters. The molecule has 1 aromatic rings. The molecule has 0 spiro atoms. The van der Waals surface area contributed by atoms with E-state index in [1.54, 1.807) is 0 Å². The molecule has 2 heteroatoms. The van der Waals surface area contributed by atoms with E-state index in [0.29, 0.717) is 12.2 Å². The summed E-state index contributed by atoms with van der Waals surface area (Å²) in [6.07, 6.45) is 0.632. The second-order valence-electron chi connectivity index (χ2n) is 6.46. The van der Waals surface area contributed by atoms with Crippen molar-refractivity contribution < 1.29 is 4.74 Å². The van der Waals surface area contributed by atoms with Crippen LogP contribution in [0.25, 0.3) is 0 Å². The average Bonchev–Trinajstić information content (AvgIpc) is 2.27. The molecule has 0 bridgehead atoms. The van der Waals surface area contributed by atoms with Gasteiger partial charge in [-0.05, 0) is 37.0 Å². The van der Waals surface area contributed by atoms with E-state index in [-0.39, 0.29) is 5.41 Å². The number of anilines is 1. The lowest BCUT2D eigenvalue weighted by Gasteiger charge is -2.37. The van der Waals surface area contributed by atoms with Crippen LogP contribution in [0.2, 0.25) is 0 Å². The number of benzene rings is 1. The maximum Gasteiger partial charge on any atom is 0.0726 e. The molecule has 1 saturated heterocycles. The first-order valence-corrected chi connectivity index (χ1v) is 6.87. The fourth-order valence-electron chi connectivity index (χ4n) is 2.56. The predicted octanol–water partition coefficient (Wildman–Crippen LogP) is 3.60. The van der Waals surface area contributed by atoms with Crippen molar-refractivity contribution in [2.24, 2.45) is 0 Å². The van der Waals surface area contributed by atoms with E-state index >= 15 is 0 Å². The molecule has 1 aliphatic heterocycles. The maximum atomic E-state index is 5.77. The maximum absolute atomic E-state index is 5.77. The van der Waals surface area contributed by atoms with Crippen LogP contribution in [0.3, 0.4) is 0 Å². The topological polar surface area (TPSA) is 12.5 Å². The van der Waals surface area contributed by atoms with Gasteiger partial charge in [0, 0.05) is 18.8 Å². The van der Waals surface area contributed by atoms with Crippen LogP contribution in [0.4, 0.5) is 5.69 Å². The zero-order valence-electron chi connectivity index (χ0n) is 12.2. The molecule has 1 aliphatic rings. The van der Waals surface area contributed by atoms with Crippen LogP contribution in [0.1, 0.15) is 40.2 Å². The Bertz CT molecular complexity index is 381. The first kappa shape index (κ1) is 13.4. The van der Waals surface area contributed by atoms with E-state index in [1.807, 2.05) is 0 Å². The first-order chi connectivity index (χ1) is 8.36. The number of hydrogen-bond acceptors (Lipinski definition) is 2. The summed E-state index contributed by atoms with van der Waals surface area (Å²) in [5.74, 6) is 0. The second kappa shape index (κ2) is 4.93. The largest absolute Gasteiger partial charge is 0.372 e. The molecule has 100 valence electrons. The van der Waals surface area contributed by atoms with Crippen LogP contribution in [0.5, 0.6) is 0 Å². The summed E-state index contributed by atoms with van der Waals surface area (Å²) in [6.45, 7) is 13.0. The Labute approximate surface area is 111 Å². The van der Waals surface area contributed by atoms with Crippen LogP contribution in [0.15, 0.2) is 24.3 Å². The lowest BCUT2D eigenvalue weighted by atomic mass is 9.87. The fourth-order valence-corrected chi connectivity index (χ4v) is 2.56. The fraction of sp³-hybridized carbons (Fsp3) is 0.625. The molecule has 18 heavy (non-hydrogen) atoms. The number of rotatable bonds is 1. The molecule has 1 aromatic carbocycles. The highest BCUT2D eigenvalue weighted by Gasteiger charge is 2.22. The van der Waals surface area contributed by atoms with Crippen molar-refractivity contribution in [2.45, 2.75) is 52.2 Å². The molecule has 2 atom stereocenters. The SMILES string of the molecule is CC1CN(c2ccc(C(C)(C)C)cc2)CC(C)O1. The molecule has 0 saturated carbocycles. The standard InChI is InChI=1S/C16H25NO/c1-12-10-17(11-13(2)18-12)15-8-6-14(7-9-15)16(3,4)5/h6-9,12-13H,10-11H2,1-5H3. The Morgan fingerprint density at radius 3 is 1.94 bits per heavy atom. The van der Waals surface area contributed by atoms with Crippen LogP contribution in [0, 0.1) is 0 Å². The van der Waals surface area contributed by atoms with Crippen molar-refractivity contribution in [2.75, 3.05) is 18.0 Å². The minimum absolute atomic E-state index is 0.226. The quantitative estimate of drug-likeness (QED) is 0.752. The van der Waals surface area contributed by atoms with Gasteiger partial charge in [-0.25, -0.2) is 0 Å². The molecule has 2 nitrogen and oxygen atoms in total. The normalized spacial score (nSPS) is 25.3. The Balaban J connectivity index is 2.14. The van der Waals surface area contributed by atoms with Crippen molar-refractivity contribution in [3.05, 3.63) is 29.8 Å². The highest BCUT2D eigenvalue weighted by molar-refractivity contribution is 5.49. The van der Waals surface area contributed by atoms with Crippen molar-refractivity contribution >= 4 is 5.69 Å². The highest BCUT2D eigenvalue weighted by atomic mass is 16.5. The van der Waals surface area contributed by atoms with Crippen LogP contribution in [-0.2, 0) is 10.2 Å². The number of hydrogen-bond donors (Lipinski definition) is 0. The summed E-state index contributed by atoms with van der Waals surface area (Å²) in [7, 11) is 0. The third-order valence-electron chi connectivity index (χ3n) is 3.52. The summed E-state index contributed by atoms with van der Waals surface area (Å²) >= 11 is 0. The van der Waals surface area contributed by atoms with Crippen molar-refractivity contribution in [1.82, 2.24) is 0 Å². The monoisotopic (exact) mass is 247 g/mol. The number of ether oxygens (including phenoxy) is 1. The molecule has 1 heterocycles. The van der Waals surface area contributed by atoms with Gasteiger partial charge in [0.2, 0.25) is 0 Å². The van der Waals surface area contributed by atoms with Gasteiger partial charge in [0.25, 0.3) is 0 Å². The van der Waals surface area contributed by atoms with E-state index in [9.17, 15) is 0 Å². The Kier molecular flexibility index (Phi) is 3.67. The van der Waals surface area contributed by atoms with Crippen LogP contribution in [-0.4, -0.2) is 25.3 Å². The Hall–Kier alpha value is -1.02. The minimum atomic E-state index is 0.226. The van der Waals surface area contributed by atoms with E-state index in [1.165, 1.54) is 11.3 Å². The van der Waals surface area contributed by atoms with Gasteiger partial charge in [-0.2, -0.15) is 0 Å². The van der Waals surface area contributed by atoms with E-state index in [0.717, 1.165) is 13.1 Å². The molecular formula is C16H25NO. The van der Waals surface area contributed by atoms with Crippen LogP contribution >= 0.6 is 0 Å².